The van der Waals surface area contributed by atoms with Crippen LogP contribution in [-0.2, 0) is 11.2 Å². The molecule has 3 rings (SSSR count). The van der Waals surface area contributed by atoms with Gasteiger partial charge in [0.25, 0.3) is 0 Å². The zero-order valence-corrected chi connectivity index (χ0v) is 12.8. The van der Waals surface area contributed by atoms with Gasteiger partial charge in [0.05, 0.1) is 11.7 Å². The summed E-state index contributed by atoms with van der Waals surface area (Å²) < 4.78 is 6.13. The largest absolute Gasteiger partial charge is 0.393 e. The molecule has 116 valence electrons. The Kier molecular flexibility index (Phi) is 4.91. The number of nitrogens with zero attached hydrogens (tertiary/aromatic N) is 1. The van der Waals surface area contributed by atoms with Gasteiger partial charge in [-0.3, -0.25) is 4.98 Å². The Bertz CT molecular complexity index is 423. The molecule has 2 heterocycles. The van der Waals surface area contributed by atoms with Crippen LogP contribution in [0.2, 0.25) is 0 Å². The predicted molar refractivity (Wildman–Crippen MR) is 83.1 cm³/mol. The summed E-state index contributed by atoms with van der Waals surface area (Å²) >= 11 is 0. The molecule has 1 aromatic heterocycles. The molecule has 1 saturated heterocycles. The molecule has 3 nitrogen and oxygen atoms in total. The number of hydrogen-bond donors (Lipinski definition) is 1. The van der Waals surface area contributed by atoms with Crippen LogP contribution < -0.4 is 0 Å². The fourth-order valence-electron chi connectivity index (χ4n) is 4.02. The average Bonchev–Trinajstić information content (AvgIpc) is 2.54. The molecule has 1 spiro atoms. The first-order chi connectivity index (χ1) is 10.3. The van der Waals surface area contributed by atoms with E-state index in [2.05, 4.69) is 4.98 Å². The SMILES string of the molecule is OC(CCc1ccccn1)C1CCOC2(CCCCC2)C1. The lowest BCUT2D eigenvalue weighted by Gasteiger charge is -2.44. The highest BCUT2D eigenvalue weighted by Gasteiger charge is 2.40. The number of rotatable bonds is 4. The molecule has 0 aromatic carbocycles. The van der Waals surface area contributed by atoms with Crippen molar-refractivity contribution in [3.05, 3.63) is 30.1 Å². The standard InChI is InChI=1S/C18H27NO2/c20-17(8-7-16-6-2-5-12-19-16)15-9-13-21-18(14-15)10-3-1-4-11-18/h2,5-6,12,15,17,20H,1,3-4,7-11,13-14H2. The first kappa shape index (κ1) is 15.0. The maximum atomic E-state index is 10.6. The summed E-state index contributed by atoms with van der Waals surface area (Å²) in [5.41, 5.74) is 1.17. The molecule has 0 radical (unpaired) electrons. The van der Waals surface area contributed by atoms with E-state index in [0.717, 1.165) is 38.0 Å². The van der Waals surface area contributed by atoms with Crippen LogP contribution in [0.5, 0.6) is 0 Å². The van der Waals surface area contributed by atoms with E-state index < -0.39 is 0 Å². The number of aryl methyl sites for hydroxylation is 1. The smallest absolute Gasteiger partial charge is 0.0686 e. The van der Waals surface area contributed by atoms with E-state index in [1.807, 2.05) is 24.4 Å². The number of ether oxygens (including phenoxy) is 1. The Morgan fingerprint density at radius 1 is 1.29 bits per heavy atom. The van der Waals surface area contributed by atoms with Crippen molar-refractivity contribution in [2.45, 2.75) is 69.5 Å². The Labute approximate surface area is 127 Å². The van der Waals surface area contributed by atoms with Gasteiger partial charge in [0.1, 0.15) is 0 Å². The van der Waals surface area contributed by atoms with E-state index in [-0.39, 0.29) is 11.7 Å². The summed E-state index contributed by atoms with van der Waals surface area (Å²) in [6, 6.07) is 5.99. The zero-order valence-electron chi connectivity index (χ0n) is 12.8. The molecule has 3 heteroatoms. The minimum atomic E-state index is -0.213. The van der Waals surface area contributed by atoms with E-state index >= 15 is 0 Å². The fraction of sp³-hybridized carbons (Fsp3) is 0.722. The highest BCUT2D eigenvalue weighted by molar-refractivity contribution is 5.04. The Balaban J connectivity index is 1.53. The van der Waals surface area contributed by atoms with Crippen LogP contribution in [0.4, 0.5) is 0 Å². The molecule has 0 amide bonds. The van der Waals surface area contributed by atoms with Crippen LogP contribution >= 0.6 is 0 Å². The van der Waals surface area contributed by atoms with E-state index in [1.54, 1.807) is 0 Å². The van der Waals surface area contributed by atoms with Crippen LogP contribution in [0.1, 0.15) is 57.1 Å². The Morgan fingerprint density at radius 3 is 2.90 bits per heavy atom. The van der Waals surface area contributed by atoms with Crippen LogP contribution in [-0.4, -0.2) is 28.4 Å². The van der Waals surface area contributed by atoms with Crippen LogP contribution in [0.3, 0.4) is 0 Å². The number of aromatic nitrogens is 1. The molecule has 0 bridgehead atoms. The van der Waals surface area contributed by atoms with E-state index in [1.165, 1.54) is 32.1 Å². The normalized spacial score (nSPS) is 26.6. The highest BCUT2D eigenvalue weighted by atomic mass is 16.5. The van der Waals surface area contributed by atoms with Gasteiger partial charge >= 0.3 is 0 Å². The number of pyridine rings is 1. The van der Waals surface area contributed by atoms with Gasteiger partial charge in [-0.25, -0.2) is 0 Å². The predicted octanol–water partition coefficient (Wildman–Crippen LogP) is 3.50. The maximum absolute atomic E-state index is 10.6. The van der Waals surface area contributed by atoms with Crippen molar-refractivity contribution in [3.8, 4) is 0 Å². The highest BCUT2D eigenvalue weighted by Crippen LogP contribution is 2.41. The van der Waals surface area contributed by atoms with Gasteiger partial charge in [-0.05, 0) is 56.6 Å². The van der Waals surface area contributed by atoms with Gasteiger partial charge < -0.3 is 9.84 Å². The van der Waals surface area contributed by atoms with Crippen molar-refractivity contribution >= 4 is 0 Å². The van der Waals surface area contributed by atoms with Crippen LogP contribution in [0.15, 0.2) is 24.4 Å². The minimum Gasteiger partial charge on any atom is -0.393 e. The molecule has 2 unspecified atom stereocenters. The summed E-state index contributed by atoms with van der Waals surface area (Å²) in [6.45, 7) is 0.825. The van der Waals surface area contributed by atoms with Gasteiger partial charge in [-0.2, -0.15) is 0 Å². The monoisotopic (exact) mass is 289 g/mol. The molecule has 1 aliphatic heterocycles. The van der Waals surface area contributed by atoms with E-state index in [4.69, 9.17) is 4.74 Å². The number of aliphatic hydroxyl groups excluding tert-OH is 1. The molecule has 1 aromatic rings. The quantitative estimate of drug-likeness (QED) is 0.922. The first-order valence-electron chi connectivity index (χ1n) is 8.49. The summed E-state index contributed by atoms with van der Waals surface area (Å²) in [7, 11) is 0. The van der Waals surface area contributed by atoms with Crippen LogP contribution in [0.25, 0.3) is 0 Å². The van der Waals surface area contributed by atoms with Gasteiger partial charge in [-0.15, -0.1) is 0 Å². The molecule has 2 aliphatic rings. The average molecular weight is 289 g/mol. The summed E-state index contributed by atoms with van der Waals surface area (Å²) in [5.74, 6) is 0.403. The van der Waals surface area contributed by atoms with Crippen molar-refractivity contribution in [3.63, 3.8) is 0 Å². The second-order valence-corrected chi connectivity index (χ2v) is 6.77. The van der Waals surface area contributed by atoms with Gasteiger partial charge in [-0.1, -0.05) is 25.3 Å². The molecule has 2 fully saturated rings. The lowest BCUT2D eigenvalue weighted by Crippen LogP contribution is -2.44. The van der Waals surface area contributed by atoms with Crippen molar-refractivity contribution in [1.29, 1.82) is 0 Å². The fourth-order valence-corrected chi connectivity index (χ4v) is 4.02. The molecule has 1 saturated carbocycles. The van der Waals surface area contributed by atoms with Crippen LogP contribution in [0, 0.1) is 5.92 Å². The molecular weight excluding hydrogens is 262 g/mol. The second-order valence-electron chi connectivity index (χ2n) is 6.77. The maximum Gasteiger partial charge on any atom is 0.0686 e. The minimum absolute atomic E-state index is 0.0904. The van der Waals surface area contributed by atoms with Gasteiger partial charge in [0.15, 0.2) is 0 Å². The number of hydrogen-bond acceptors (Lipinski definition) is 3. The summed E-state index contributed by atoms with van der Waals surface area (Å²) in [6.07, 6.45) is 11.7. The van der Waals surface area contributed by atoms with Crippen molar-refractivity contribution in [2.24, 2.45) is 5.92 Å². The van der Waals surface area contributed by atoms with Crippen molar-refractivity contribution in [1.82, 2.24) is 4.98 Å². The molecule has 1 N–H and O–H groups in total. The summed E-state index contributed by atoms with van der Waals surface area (Å²) in [5, 5.41) is 10.6. The molecule has 21 heavy (non-hydrogen) atoms. The lowest BCUT2D eigenvalue weighted by atomic mass is 9.74. The Morgan fingerprint density at radius 2 is 2.14 bits per heavy atom. The van der Waals surface area contributed by atoms with Gasteiger partial charge in [0.2, 0.25) is 0 Å². The zero-order chi connectivity index (χ0) is 14.5. The van der Waals surface area contributed by atoms with Crippen molar-refractivity contribution < 1.29 is 9.84 Å². The van der Waals surface area contributed by atoms with Gasteiger partial charge in [0, 0.05) is 18.5 Å². The molecular formula is C18H27NO2. The molecule has 2 atom stereocenters. The van der Waals surface area contributed by atoms with E-state index in [0.29, 0.717) is 5.92 Å². The third-order valence-electron chi connectivity index (χ3n) is 5.26. The lowest BCUT2D eigenvalue weighted by molar-refractivity contribution is -0.134. The van der Waals surface area contributed by atoms with Crippen molar-refractivity contribution in [2.75, 3.05) is 6.61 Å². The first-order valence-corrected chi connectivity index (χ1v) is 8.49. The Hall–Kier alpha value is -0.930. The summed E-state index contributed by atoms with van der Waals surface area (Å²) in [4.78, 5) is 4.34. The third kappa shape index (κ3) is 3.83. The van der Waals surface area contributed by atoms with E-state index in [9.17, 15) is 5.11 Å². The second kappa shape index (κ2) is 6.89. The topological polar surface area (TPSA) is 42.4 Å². The number of aliphatic hydroxyl groups is 1. The third-order valence-corrected chi connectivity index (χ3v) is 5.26. The molecule has 1 aliphatic carbocycles.